The van der Waals surface area contributed by atoms with Gasteiger partial charge in [-0.3, -0.25) is 0 Å². The molecule has 2 rings (SSSR count). The Labute approximate surface area is 98.6 Å². The molecule has 0 aromatic heterocycles. The highest BCUT2D eigenvalue weighted by molar-refractivity contribution is 4.91. The van der Waals surface area contributed by atoms with Crippen molar-refractivity contribution in [1.29, 1.82) is 0 Å². The van der Waals surface area contributed by atoms with E-state index in [4.69, 9.17) is 9.84 Å². The standard InChI is InChI=1S/C13H25NO2/c15-9-4-8-14-12-5-10-16-13(11-12)6-2-1-3-7-13/h12,14-15H,1-11H2. The predicted octanol–water partition coefficient (Wildman–Crippen LogP) is 1.84. The van der Waals surface area contributed by atoms with Crippen molar-refractivity contribution in [1.82, 2.24) is 5.32 Å². The fourth-order valence-electron chi connectivity index (χ4n) is 3.13. The lowest BCUT2D eigenvalue weighted by molar-refractivity contribution is -0.109. The van der Waals surface area contributed by atoms with Gasteiger partial charge in [-0.05, 0) is 38.6 Å². The third kappa shape index (κ3) is 3.19. The van der Waals surface area contributed by atoms with E-state index in [1.807, 2.05) is 0 Å². The average Bonchev–Trinajstić information content (AvgIpc) is 2.31. The average molecular weight is 227 g/mol. The van der Waals surface area contributed by atoms with Gasteiger partial charge in [0, 0.05) is 19.3 Å². The molecule has 0 aromatic carbocycles. The fraction of sp³-hybridized carbons (Fsp3) is 1.00. The summed E-state index contributed by atoms with van der Waals surface area (Å²) in [4.78, 5) is 0. The van der Waals surface area contributed by atoms with Crippen LogP contribution in [0.5, 0.6) is 0 Å². The Bertz CT molecular complexity index is 197. The summed E-state index contributed by atoms with van der Waals surface area (Å²) in [5.41, 5.74) is 0.202. The number of aliphatic hydroxyl groups is 1. The van der Waals surface area contributed by atoms with Gasteiger partial charge in [-0.1, -0.05) is 19.3 Å². The fourth-order valence-corrected chi connectivity index (χ4v) is 3.13. The van der Waals surface area contributed by atoms with Crippen LogP contribution in [-0.4, -0.2) is 36.5 Å². The first-order chi connectivity index (χ1) is 7.85. The molecule has 16 heavy (non-hydrogen) atoms. The van der Waals surface area contributed by atoms with Crippen LogP contribution in [0.4, 0.5) is 0 Å². The van der Waals surface area contributed by atoms with Gasteiger partial charge < -0.3 is 15.2 Å². The summed E-state index contributed by atoms with van der Waals surface area (Å²) >= 11 is 0. The molecule has 1 aliphatic carbocycles. The van der Waals surface area contributed by atoms with Gasteiger partial charge in [0.1, 0.15) is 0 Å². The smallest absolute Gasteiger partial charge is 0.0697 e. The zero-order valence-electron chi connectivity index (χ0n) is 10.2. The summed E-state index contributed by atoms with van der Waals surface area (Å²) in [7, 11) is 0. The van der Waals surface area contributed by atoms with Crippen molar-refractivity contribution in [3.8, 4) is 0 Å². The Morgan fingerprint density at radius 1 is 1.25 bits per heavy atom. The summed E-state index contributed by atoms with van der Waals surface area (Å²) in [5, 5.41) is 12.3. The van der Waals surface area contributed by atoms with Crippen LogP contribution in [0, 0.1) is 0 Å². The molecule has 2 N–H and O–H groups in total. The summed E-state index contributed by atoms with van der Waals surface area (Å²) < 4.78 is 6.05. The van der Waals surface area contributed by atoms with Crippen LogP contribution in [-0.2, 0) is 4.74 Å². The molecule has 0 aromatic rings. The largest absolute Gasteiger partial charge is 0.396 e. The zero-order valence-corrected chi connectivity index (χ0v) is 10.2. The van der Waals surface area contributed by atoms with Gasteiger partial charge in [0.2, 0.25) is 0 Å². The van der Waals surface area contributed by atoms with Crippen LogP contribution >= 0.6 is 0 Å². The van der Waals surface area contributed by atoms with Gasteiger partial charge in [0.15, 0.2) is 0 Å². The Morgan fingerprint density at radius 3 is 2.81 bits per heavy atom. The molecular formula is C13H25NO2. The number of rotatable bonds is 4. The van der Waals surface area contributed by atoms with Gasteiger partial charge in [-0.2, -0.15) is 0 Å². The topological polar surface area (TPSA) is 41.5 Å². The lowest BCUT2D eigenvalue weighted by Crippen LogP contribution is -2.48. The highest BCUT2D eigenvalue weighted by Crippen LogP contribution is 2.38. The number of ether oxygens (including phenoxy) is 1. The Morgan fingerprint density at radius 2 is 2.06 bits per heavy atom. The van der Waals surface area contributed by atoms with E-state index in [-0.39, 0.29) is 5.60 Å². The van der Waals surface area contributed by atoms with Crippen LogP contribution < -0.4 is 5.32 Å². The minimum atomic E-state index is 0.202. The lowest BCUT2D eigenvalue weighted by Gasteiger charge is -2.43. The molecule has 1 atom stereocenters. The van der Waals surface area contributed by atoms with Crippen LogP contribution in [0.1, 0.15) is 51.4 Å². The van der Waals surface area contributed by atoms with Crippen molar-refractivity contribution >= 4 is 0 Å². The third-order valence-corrected chi connectivity index (χ3v) is 4.03. The second-order valence-electron chi connectivity index (χ2n) is 5.31. The summed E-state index contributed by atoms with van der Waals surface area (Å²) in [6.45, 7) is 2.15. The molecule has 1 saturated carbocycles. The molecule has 0 amide bonds. The van der Waals surface area contributed by atoms with E-state index in [1.54, 1.807) is 0 Å². The highest BCUT2D eigenvalue weighted by Gasteiger charge is 2.38. The van der Waals surface area contributed by atoms with Crippen molar-refractivity contribution in [2.75, 3.05) is 19.8 Å². The maximum Gasteiger partial charge on any atom is 0.0697 e. The normalized spacial score (nSPS) is 29.4. The molecule has 3 heteroatoms. The van der Waals surface area contributed by atoms with Gasteiger partial charge in [0.25, 0.3) is 0 Å². The van der Waals surface area contributed by atoms with Crippen molar-refractivity contribution < 1.29 is 9.84 Å². The van der Waals surface area contributed by atoms with Gasteiger partial charge in [0.05, 0.1) is 5.60 Å². The minimum Gasteiger partial charge on any atom is -0.396 e. The van der Waals surface area contributed by atoms with E-state index in [2.05, 4.69) is 5.32 Å². The van der Waals surface area contributed by atoms with Crippen LogP contribution in [0.15, 0.2) is 0 Å². The molecule has 3 nitrogen and oxygen atoms in total. The molecule has 1 saturated heterocycles. The lowest BCUT2D eigenvalue weighted by atomic mass is 9.78. The van der Waals surface area contributed by atoms with E-state index in [0.717, 1.165) is 26.0 Å². The number of nitrogens with one attached hydrogen (secondary N) is 1. The van der Waals surface area contributed by atoms with E-state index in [0.29, 0.717) is 12.6 Å². The molecule has 1 spiro atoms. The van der Waals surface area contributed by atoms with E-state index in [9.17, 15) is 0 Å². The van der Waals surface area contributed by atoms with Crippen molar-refractivity contribution in [2.24, 2.45) is 0 Å². The van der Waals surface area contributed by atoms with E-state index >= 15 is 0 Å². The quantitative estimate of drug-likeness (QED) is 0.720. The Balaban J connectivity index is 1.78. The first kappa shape index (κ1) is 12.3. The van der Waals surface area contributed by atoms with Crippen molar-refractivity contribution in [3.05, 3.63) is 0 Å². The molecule has 0 radical (unpaired) electrons. The van der Waals surface area contributed by atoms with Gasteiger partial charge in [-0.15, -0.1) is 0 Å². The van der Waals surface area contributed by atoms with Crippen LogP contribution in [0.2, 0.25) is 0 Å². The zero-order chi connectivity index (χ0) is 11.3. The van der Waals surface area contributed by atoms with Gasteiger partial charge >= 0.3 is 0 Å². The van der Waals surface area contributed by atoms with Crippen LogP contribution in [0.25, 0.3) is 0 Å². The highest BCUT2D eigenvalue weighted by atomic mass is 16.5. The molecular weight excluding hydrogens is 202 g/mol. The molecule has 1 aliphatic heterocycles. The number of aliphatic hydroxyl groups excluding tert-OH is 1. The Hall–Kier alpha value is -0.120. The first-order valence-corrected chi connectivity index (χ1v) is 6.83. The monoisotopic (exact) mass is 227 g/mol. The van der Waals surface area contributed by atoms with Crippen molar-refractivity contribution in [2.45, 2.75) is 63.0 Å². The van der Waals surface area contributed by atoms with Crippen molar-refractivity contribution in [3.63, 3.8) is 0 Å². The third-order valence-electron chi connectivity index (χ3n) is 4.03. The predicted molar refractivity (Wildman–Crippen MR) is 64.5 cm³/mol. The molecule has 0 bridgehead atoms. The molecule has 1 heterocycles. The van der Waals surface area contributed by atoms with E-state index in [1.165, 1.54) is 38.5 Å². The van der Waals surface area contributed by atoms with E-state index < -0.39 is 0 Å². The maximum atomic E-state index is 8.77. The first-order valence-electron chi connectivity index (χ1n) is 6.83. The second kappa shape index (κ2) is 5.99. The summed E-state index contributed by atoms with van der Waals surface area (Å²) in [6.07, 6.45) is 9.74. The Kier molecular flexibility index (Phi) is 4.62. The summed E-state index contributed by atoms with van der Waals surface area (Å²) in [6, 6.07) is 0.610. The maximum absolute atomic E-state index is 8.77. The molecule has 2 fully saturated rings. The minimum absolute atomic E-state index is 0.202. The van der Waals surface area contributed by atoms with Gasteiger partial charge in [-0.25, -0.2) is 0 Å². The van der Waals surface area contributed by atoms with Crippen LogP contribution in [0.3, 0.4) is 0 Å². The SMILES string of the molecule is OCCCNC1CCOC2(CCCCC2)C1. The molecule has 94 valence electrons. The second-order valence-corrected chi connectivity index (χ2v) is 5.31. The number of hydrogen-bond acceptors (Lipinski definition) is 3. The molecule has 2 aliphatic rings. The summed E-state index contributed by atoms with van der Waals surface area (Å²) in [5.74, 6) is 0. The number of hydrogen-bond donors (Lipinski definition) is 2. The molecule has 1 unspecified atom stereocenters.